The second-order valence-electron chi connectivity index (χ2n) is 6.53. The molecule has 0 radical (unpaired) electrons. The molecule has 1 heterocycles. The largest absolute Gasteiger partial charge is 0.487 e. The van der Waals surface area contributed by atoms with Crippen molar-refractivity contribution in [1.82, 2.24) is 10.3 Å². The van der Waals surface area contributed by atoms with E-state index in [4.69, 9.17) is 10.5 Å². The molecule has 2 unspecified atom stereocenters. The second kappa shape index (κ2) is 11.5. The second-order valence-corrected chi connectivity index (χ2v) is 7.60. The van der Waals surface area contributed by atoms with Crippen molar-refractivity contribution in [3.63, 3.8) is 0 Å². The molecule has 0 spiro atoms. The summed E-state index contributed by atoms with van der Waals surface area (Å²) in [6.07, 6.45) is 4.45. The molecule has 1 aromatic heterocycles. The highest BCUT2D eigenvalue weighted by atomic mass is 35.5. The maximum Gasteiger partial charge on any atom is 0.251 e. The number of amides is 1. The zero-order valence-corrected chi connectivity index (χ0v) is 17.8. The first kappa shape index (κ1) is 23.7. The van der Waals surface area contributed by atoms with Crippen molar-refractivity contribution in [2.75, 3.05) is 6.54 Å². The van der Waals surface area contributed by atoms with Gasteiger partial charge in [0.2, 0.25) is 0 Å². The van der Waals surface area contributed by atoms with E-state index in [1.165, 1.54) is 6.42 Å². The maximum atomic E-state index is 12.6. The molecule has 1 aromatic carbocycles. The Balaban J connectivity index is 0.00000182. The van der Waals surface area contributed by atoms with E-state index in [2.05, 4.69) is 10.3 Å². The number of benzene rings is 1. The van der Waals surface area contributed by atoms with Gasteiger partial charge in [-0.2, -0.15) is 0 Å². The van der Waals surface area contributed by atoms with Crippen LogP contribution in [0.15, 0.2) is 29.6 Å². The molecule has 3 N–H and O–H groups in total. The van der Waals surface area contributed by atoms with Crippen molar-refractivity contribution < 1.29 is 9.53 Å². The molecular formula is C19H27Cl2N3O2S. The van der Waals surface area contributed by atoms with Gasteiger partial charge < -0.3 is 15.8 Å². The third-order valence-corrected chi connectivity index (χ3v) is 5.50. The number of nitrogens with zero attached hydrogens (tertiary/aromatic N) is 1. The number of nitrogens with one attached hydrogen (secondary N) is 1. The molecule has 1 aliphatic rings. The number of thiazole rings is 1. The van der Waals surface area contributed by atoms with Crippen LogP contribution in [0.5, 0.6) is 5.75 Å². The van der Waals surface area contributed by atoms with Gasteiger partial charge in [0.1, 0.15) is 12.4 Å². The first-order valence-corrected chi connectivity index (χ1v) is 9.68. The molecule has 1 saturated carbocycles. The van der Waals surface area contributed by atoms with Crippen LogP contribution in [0.3, 0.4) is 0 Å². The van der Waals surface area contributed by atoms with Crippen molar-refractivity contribution in [2.45, 2.75) is 45.3 Å². The smallest absolute Gasteiger partial charge is 0.251 e. The Hall–Kier alpha value is -1.34. The fourth-order valence-corrected chi connectivity index (χ4v) is 3.89. The summed E-state index contributed by atoms with van der Waals surface area (Å²) >= 11 is 1.60. The molecule has 2 aromatic rings. The lowest BCUT2D eigenvalue weighted by Gasteiger charge is -2.31. The van der Waals surface area contributed by atoms with Crippen LogP contribution in [0.1, 0.15) is 46.7 Å². The molecule has 1 aliphatic carbocycles. The van der Waals surface area contributed by atoms with Gasteiger partial charge in [0.25, 0.3) is 5.91 Å². The normalized spacial score (nSPS) is 18.7. The van der Waals surface area contributed by atoms with E-state index in [1.807, 2.05) is 30.5 Å². The number of aromatic nitrogens is 1. The zero-order valence-electron chi connectivity index (χ0n) is 15.3. The Morgan fingerprint density at radius 1 is 1.33 bits per heavy atom. The van der Waals surface area contributed by atoms with Crippen molar-refractivity contribution >= 4 is 42.1 Å². The number of carbonyl (C=O) groups is 1. The van der Waals surface area contributed by atoms with E-state index in [0.717, 1.165) is 30.0 Å². The zero-order chi connectivity index (χ0) is 17.6. The van der Waals surface area contributed by atoms with Crippen LogP contribution < -0.4 is 15.8 Å². The van der Waals surface area contributed by atoms with Gasteiger partial charge in [0, 0.05) is 17.0 Å². The van der Waals surface area contributed by atoms with Gasteiger partial charge in [-0.1, -0.05) is 18.9 Å². The predicted molar refractivity (Wildman–Crippen MR) is 114 cm³/mol. The van der Waals surface area contributed by atoms with Gasteiger partial charge in [-0.15, -0.1) is 36.2 Å². The summed E-state index contributed by atoms with van der Waals surface area (Å²) in [5, 5.41) is 6.17. The van der Waals surface area contributed by atoms with Crippen LogP contribution in [-0.2, 0) is 6.61 Å². The maximum absolute atomic E-state index is 12.6. The number of aryl methyl sites for hydroxylation is 1. The average Bonchev–Trinajstić information content (AvgIpc) is 3.06. The third-order valence-electron chi connectivity index (χ3n) is 4.68. The lowest BCUT2D eigenvalue weighted by molar-refractivity contribution is 0.0907. The van der Waals surface area contributed by atoms with Crippen LogP contribution in [-0.4, -0.2) is 23.5 Å². The molecule has 5 nitrogen and oxygen atoms in total. The lowest BCUT2D eigenvalue weighted by Crippen LogP contribution is -2.44. The Labute approximate surface area is 176 Å². The van der Waals surface area contributed by atoms with Crippen molar-refractivity contribution in [3.8, 4) is 5.75 Å². The first-order chi connectivity index (χ1) is 12.2. The quantitative estimate of drug-likeness (QED) is 0.720. The summed E-state index contributed by atoms with van der Waals surface area (Å²) in [6, 6.07) is 7.48. The number of halogens is 2. The van der Waals surface area contributed by atoms with Crippen molar-refractivity contribution in [2.24, 2.45) is 11.7 Å². The summed E-state index contributed by atoms with van der Waals surface area (Å²) in [4.78, 5) is 17.0. The van der Waals surface area contributed by atoms with E-state index in [-0.39, 0.29) is 36.8 Å². The topological polar surface area (TPSA) is 77.2 Å². The fraction of sp³-hybridized carbons (Fsp3) is 0.474. The Morgan fingerprint density at radius 2 is 2.11 bits per heavy atom. The number of hydrogen-bond donors (Lipinski definition) is 2. The summed E-state index contributed by atoms with van der Waals surface area (Å²) < 4.78 is 5.77. The van der Waals surface area contributed by atoms with E-state index in [1.54, 1.807) is 17.4 Å². The lowest BCUT2D eigenvalue weighted by atomic mass is 9.84. The third kappa shape index (κ3) is 6.64. The van der Waals surface area contributed by atoms with Gasteiger partial charge in [0.15, 0.2) is 0 Å². The molecule has 3 rings (SSSR count). The molecule has 8 heteroatoms. The highest BCUT2D eigenvalue weighted by molar-refractivity contribution is 7.09. The van der Waals surface area contributed by atoms with Crippen LogP contribution in [0.2, 0.25) is 0 Å². The molecule has 150 valence electrons. The minimum Gasteiger partial charge on any atom is -0.487 e. The molecule has 2 atom stereocenters. The Morgan fingerprint density at radius 3 is 2.81 bits per heavy atom. The molecule has 1 amide bonds. The first-order valence-electron chi connectivity index (χ1n) is 8.80. The summed E-state index contributed by atoms with van der Waals surface area (Å²) in [7, 11) is 0. The van der Waals surface area contributed by atoms with E-state index in [0.29, 0.717) is 30.4 Å². The molecule has 27 heavy (non-hydrogen) atoms. The molecule has 0 saturated heterocycles. The number of nitrogens with two attached hydrogens (primary N) is 1. The minimum absolute atomic E-state index is 0. The van der Waals surface area contributed by atoms with Crippen molar-refractivity contribution in [1.29, 1.82) is 0 Å². The van der Waals surface area contributed by atoms with Crippen LogP contribution >= 0.6 is 36.2 Å². The standard InChI is InChI=1S/C19H25N3O2S.2ClH/c1-13-21-16(12-25-13)11-24-17-7-4-6-14(9-17)19(23)22-18-8-3-2-5-15(18)10-20;;/h4,6-7,9,12,15,18H,2-3,5,8,10-11,20H2,1H3,(H,22,23);2*1H. The summed E-state index contributed by atoms with van der Waals surface area (Å²) in [6.45, 7) is 3.01. The van der Waals surface area contributed by atoms with E-state index < -0.39 is 0 Å². The van der Waals surface area contributed by atoms with Gasteiger partial charge >= 0.3 is 0 Å². The summed E-state index contributed by atoms with van der Waals surface area (Å²) in [5.41, 5.74) is 7.38. The Kier molecular flexibility index (Phi) is 10.1. The number of rotatable bonds is 6. The minimum atomic E-state index is -0.0553. The number of hydrogen-bond acceptors (Lipinski definition) is 5. The number of carbonyl (C=O) groups excluding carboxylic acids is 1. The van der Waals surface area contributed by atoms with Gasteiger partial charge in [-0.3, -0.25) is 4.79 Å². The molecular weight excluding hydrogens is 405 g/mol. The van der Waals surface area contributed by atoms with E-state index >= 15 is 0 Å². The SMILES string of the molecule is Cc1nc(COc2cccc(C(=O)NC3CCCCC3CN)c2)cs1.Cl.Cl. The molecule has 0 aliphatic heterocycles. The van der Waals surface area contributed by atoms with Gasteiger partial charge in [0.05, 0.1) is 10.7 Å². The van der Waals surface area contributed by atoms with Crippen LogP contribution in [0, 0.1) is 12.8 Å². The summed E-state index contributed by atoms with van der Waals surface area (Å²) in [5.74, 6) is 1.00. The van der Waals surface area contributed by atoms with Gasteiger partial charge in [-0.25, -0.2) is 4.98 Å². The number of ether oxygens (including phenoxy) is 1. The van der Waals surface area contributed by atoms with E-state index in [9.17, 15) is 4.79 Å². The molecule has 0 bridgehead atoms. The fourth-order valence-electron chi connectivity index (χ4n) is 3.29. The Bertz CT molecular complexity index is 726. The highest BCUT2D eigenvalue weighted by Crippen LogP contribution is 2.24. The predicted octanol–water partition coefficient (Wildman–Crippen LogP) is 4.12. The highest BCUT2D eigenvalue weighted by Gasteiger charge is 2.25. The van der Waals surface area contributed by atoms with Crippen LogP contribution in [0.25, 0.3) is 0 Å². The van der Waals surface area contributed by atoms with Gasteiger partial charge in [-0.05, 0) is 50.4 Å². The van der Waals surface area contributed by atoms with Crippen LogP contribution in [0.4, 0.5) is 0 Å². The van der Waals surface area contributed by atoms with Crippen molar-refractivity contribution in [3.05, 3.63) is 45.9 Å². The average molecular weight is 432 g/mol. The molecule has 1 fully saturated rings. The monoisotopic (exact) mass is 431 g/mol.